The van der Waals surface area contributed by atoms with Crippen LogP contribution in [0, 0.1) is 5.92 Å². The van der Waals surface area contributed by atoms with E-state index in [4.69, 9.17) is 9.41 Å². The fourth-order valence-corrected chi connectivity index (χ4v) is 5.12. The van der Waals surface area contributed by atoms with E-state index in [0.717, 1.165) is 63.7 Å². The second-order valence-corrected chi connectivity index (χ2v) is 8.89. The molecule has 2 unspecified atom stereocenters. The second kappa shape index (κ2) is 12.1. The summed E-state index contributed by atoms with van der Waals surface area (Å²) in [6, 6.07) is 4.46. The number of amides is 1. The first kappa shape index (κ1) is 24.4. The summed E-state index contributed by atoms with van der Waals surface area (Å²) in [4.78, 5) is 22.2. The highest BCUT2D eigenvalue weighted by molar-refractivity contribution is 14.0. The fraction of sp³-hybridized carbons (Fsp3) is 0.739. The lowest BCUT2D eigenvalue weighted by atomic mass is 10.1. The van der Waals surface area contributed by atoms with Gasteiger partial charge in [-0.1, -0.05) is 12.8 Å². The largest absolute Gasteiger partial charge is 0.468 e. The van der Waals surface area contributed by atoms with Gasteiger partial charge in [0.1, 0.15) is 5.76 Å². The first-order chi connectivity index (χ1) is 14.7. The Hall–Kier alpha value is -1.29. The summed E-state index contributed by atoms with van der Waals surface area (Å²) in [5.74, 6) is 2.46. The van der Waals surface area contributed by atoms with E-state index in [1.807, 2.05) is 6.07 Å². The monoisotopic (exact) mass is 543 g/mol. The zero-order chi connectivity index (χ0) is 20.8. The minimum Gasteiger partial charge on any atom is -0.468 e. The number of likely N-dealkylation sites (tertiary alicyclic amines) is 2. The van der Waals surface area contributed by atoms with E-state index in [0.29, 0.717) is 12.5 Å². The lowest BCUT2D eigenvalue weighted by Crippen LogP contribution is -2.45. The average molecular weight is 543 g/mol. The summed E-state index contributed by atoms with van der Waals surface area (Å²) in [5, 5.41) is 6.97. The second-order valence-electron chi connectivity index (χ2n) is 8.89. The van der Waals surface area contributed by atoms with Gasteiger partial charge in [0, 0.05) is 31.6 Å². The van der Waals surface area contributed by atoms with Crippen LogP contribution in [0.4, 0.5) is 0 Å². The van der Waals surface area contributed by atoms with E-state index >= 15 is 0 Å². The Labute approximate surface area is 203 Å². The molecule has 2 aliphatic heterocycles. The van der Waals surface area contributed by atoms with E-state index in [-0.39, 0.29) is 42.0 Å². The van der Waals surface area contributed by atoms with Crippen LogP contribution in [0.15, 0.2) is 27.8 Å². The normalized spacial score (nSPS) is 23.7. The van der Waals surface area contributed by atoms with Gasteiger partial charge in [-0.15, -0.1) is 24.0 Å². The fourth-order valence-electron chi connectivity index (χ4n) is 5.12. The van der Waals surface area contributed by atoms with Crippen LogP contribution in [0.25, 0.3) is 0 Å². The molecule has 7 nitrogen and oxygen atoms in total. The van der Waals surface area contributed by atoms with E-state index < -0.39 is 0 Å². The van der Waals surface area contributed by atoms with Crippen LogP contribution < -0.4 is 10.6 Å². The van der Waals surface area contributed by atoms with Crippen LogP contribution >= 0.6 is 24.0 Å². The maximum Gasteiger partial charge on any atom is 0.225 e. The van der Waals surface area contributed by atoms with E-state index in [9.17, 15) is 4.79 Å². The molecule has 2 saturated heterocycles. The van der Waals surface area contributed by atoms with Crippen molar-refractivity contribution in [1.29, 1.82) is 0 Å². The van der Waals surface area contributed by atoms with Crippen molar-refractivity contribution in [2.75, 3.05) is 39.3 Å². The highest BCUT2D eigenvalue weighted by Gasteiger charge is 2.32. The number of carbonyl (C=O) groups excluding carboxylic acids is 1. The number of hydrogen-bond donors (Lipinski definition) is 2. The quantitative estimate of drug-likeness (QED) is 0.314. The molecule has 0 radical (unpaired) electrons. The molecule has 1 amide bonds. The molecule has 0 spiro atoms. The molecule has 1 aromatic heterocycles. The number of aliphatic imine (C=N–C) groups is 1. The molecule has 31 heavy (non-hydrogen) atoms. The Morgan fingerprint density at radius 3 is 2.65 bits per heavy atom. The number of halogens is 1. The van der Waals surface area contributed by atoms with Gasteiger partial charge in [-0.3, -0.25) is 14.7 Å². The van der Waals surface area contributed by atoms with Crippen molar-refractivity contribution in [3.63, 3.8) is 0 Å². The maximum atomic E-state index is 12.7. The summed E-state index contributed by atoms with van der Waals surface area (Å²) in [7, 11) is 0. The molecule has 3 heterocycles. The Balaban J connectivity index is 0.00000272. The molecule has 4 rings (SSSR count). The molecule has 1 aliphatic carbocycles. The molecule has 174 valence electrons. The SMILES string of the molecule is CCNC(=NCC(c1ccco1)N1CCCC1)NC1CCN(C(=O)C2CCCC2)C1.I. The van der Waals surface area contributed by atoms with Crippen LogP contribution in [-0.2, 0) is 4.79 Å². The third-order valence-corrected chi connectivity index (χ3v) is 6.76. The van der Waals surface area contributed by atoms with Crippen molar-refractivity contribution in [3.8, 4) is 0 Å². The van der Waals surface area contributed by atoms with Gasteiger partial charge in [0.15, 0.2) is 5.96 Å². The first-order valence-electron chi connectivity index (χ1n) is 11.9. The zero-order valence-corrected chi connectivity index (χ0v) is 21.1. The van der Waals surface area contributed by atoms with E-state index in [1.165, 1.54) is 25.7 Å². The van der Waals surface area contributed by atoms with Gasteiger partial charge in [-0.2, -0.15) is 0 Å². The Morgan fingerprint density at radius 1 is 1.19 bits per heavy atom. The molecular formula is C23H38IN5O2. The lowest BCUT2D eigenvalue weighted by molar-refractivity contribution is -0.134. The summed E-state index contributed by atoms with van der Waals surface area (Å²) in [6.45, 7) is 7.42. The van der Waals surface area contributed by atoms with Crippen molar-refractivity contribution in [1.82, 2.24) is 20.4 Å². The van der Waals surface area contributed by atoms with Crippen molar-refractivity contribution in [2.24, 2.45) is 10.9 Å². The number of rotatable bonds is 7. The molecular weight excluding hydrogens is 505 g/mol. The summed E-state index contributed by atoms with van der Waals surface area (Å²) >= 11 is 0. The summed E-state index contributed by atoms with van der Waals surface area (Å²) in [6.07, 6.45) is 9.77. The van der Waals surface area contributed by atoms with Crippen LogP contribution in [0.2, 0.25) is 0 Å². The third kappa shape index (κ3) is 6.37. The number of nitrogens with zero attached hydrogens (tertiary/aromatic N) is 3. The molecule has 3 aliphatic rings. The van der Waals surface area contributed by atoms with Crippen molar-refractivity contribution in [3.05, 3.63) is 24.2 Å². The van der Waals surface area contributed by atoms with Crippen molar-refractivity contribution in [2.45, 2.75) is 64.0 Å². The first-order valence-corrected chi connectivity index (χ1v) is 11.9. The van der Waals surface area contributed by atoms with Gasteiger partial charge in [-0.05, 0) is 64.3 Å². The topological polar surface area (TPSA) is 73.1 Å². The predicted molar refractivity (Wildman–Crippen MR) is 134 cm³/mol. The minimum absolute atomic E-state index is 0. The van der Waals surface area contributed by atoms with Crippen molar-refractivity contribution < 1.29 is 9.21 Å². The Morgan fingerprint density at radius 2 is 1.97 bits per heavy atom. The average Bonchev–Trinajstić information content (AvgIpc) is 3.57. The lowest BCUT2D eigenvalue weighted by Gasteiger charge is -2.25. The van der Waals surface area contributed by atoms with Crippen molar-refractivity contribution >= 4 is 35.8 Å². The summed E-state index contributed by atoms with van der Waals surface area (Å²) in [5.41, 5.74) is 0. The van der Waals surface area contributed by atoms with Gasteiger partial charge in [-0.25, -0.2) is 0 Å². The van der Waals surface area contributed by atoms with E-state index in [2.05, 4.69) is 33.4 Å². The maximum absolute atomic E-state index is 12.7. The third-order valence-electron chi connectivity index (χ3n) is 6.76. The van der Waals surface area contributed by atoms with Crippen LogP contribution in [0.3, 0.4) is 0 Å². The number of nitrogens with one attached hydrogen (secondary N) is 2. The molecule has 0 bridgehead atoms. The van der Waals surface area contributed by atoms with Crippen LogP contribution in [0.5, 0.6) is 0 Å². The molecule has 8 heteroatoms. The van der Waals surface area contributed by atoms with Gasteiger partial charge in [0.05, 0.1) is 18.8 Å². The molecule has 2 atom stereocenters. The number of carbonyl (C=O) groups is 1. The zero-order valence-electron chi connectivity index (χ0n) is 18.7. The predicted octanol–water partition coefficient (Wildman–Crippen LogP) is 3.38. The van der Waals surface area contributed by atoms with Crippen LogP contribution in [-0.4, -0.2) is 67.0 Å². The smallest absolute Gasteiger partial charge is 0.225 e. The Bertz CT molecular complexity index is 699. The molecule has 0 aromatic carbocycles. The highest BCUT2D eigenvalue weighted by Crippen LogP contribution is 2.28. The van der Waals surface area contributed by atoms with Gasteiger partial charge >= 0.3 is 0 Å². The van der Waals surface area contributed by atoms with E-state index in [1.54, 1.807) is 6.26 Å². The molecule has 3 fully saturated rings. The van der Waals surface area contributed by atoms with Crippen LogP contribution in [0.1, 0.15) is 63.7 Å². The summed E-state index contributed by atoms with van der Waals surface area (Å²) < 4.78 is 5.73. The molecule has 1 saturated carbocycles. The number of furan rings is 1. The Kier molecular flexibility index (Phi) is 9.49. The number of hydrogen-bond acceptors (Lipinski definition) is 4. The number of guanidine groups is 1. The molecule has 2 N–H and O–H groups in total. The van der Waals surface area contributed by atoms with Gasteiger partial charge in [0.2, 0.25) is 5.91 Å². The van der Waals surface area contributed by atoms with Gasteiger partial charge in [0.25, 0.3) is 0 Å². The standard InChI is InChI=1S/C23H37N5O2.HI/c1-2-24-23(25-16-20(21-10-7-15-30-21)27-12-5-6-13-27)26-19-11-14-28(17-19)22(29)18-8-3-4-9-18;/h7,10,15,18-20H,2-6,8-9,11-14,16-17H2,1H3,(H2,24,25,26);1H. The van der Waals surface area contributed by atoms with Gasteiger partial charge < -0.3 is 20.0 Å². The highest BCUT2D eigenvalue weighted by atomic mass is 127. The molecule has 1 aromatic rings. The minimum atomic E-state index is 0.